The molecule has 0 saturated carbocycles. The number of carbonyl (C=O) groups is 1. The summed E-state index contributed by atoms with van der Waals surface area (Å²) in [5, 5.41) is 11.6. The Morgan fingerprint density at radius 1 is 1.53 bits per heavy atom. The lowest BCUT2D eigenvalue weighted by Crippen LogP contribution is -1.91. The number of hydrogen-bond donors (Lipinski definition) is 1. The lowest BCUT2D eigenvalue weighted by molar-refractivity contribution is 0.0661. The maximum atomic E-state index is 10.7. The van der Waals surface area contributed by atoms with Crippen LogP contribution in [0.1, 0.15) is 21.3 Å². The van der Waals surface area contributed by atoms with Gasteiger partial charge in [-0.2, -0.15) is 0 Å². The van der Waals surface area contributed by atoms with Gasteiger partial charge in [0.2, 0.25) is 5.76 Å². The van der Waals surface area contributed by atoms with E-state index in [1.54, 1.807) is 6.92 Å². The Morgan fingerprint density at radius 2 is 2.27 bits per heavy atom. The number of aromatic nitrogens is 1. The van der Waals surface area contributed by atoms with E-state index in [9.17, 15) is 4.79 Å². The zero-order chi connectivity index (χ0) is 11.0. The molecule has 15 heavy (non-hydrogen) atoms. The largest absolute Gasteiger partial charge is 0.475 e. The lowest BCUT2D eigenvalue weighted by Gasteiger charge is -1.90. The van der Waals surface area contributed by atoms with Gasteiger partial charge < -0.3 is 9.52 Å². The summed E-state index contributed by atoms with van der Waals surface area (Å²) in [5.41, 5.74) is 1.52. The molecule has 1 N–H and O–H groups in total. The zero-order valence-corrected chi connectivity index (χ0v) is 9.09. The van der Waals surface area contributed by atoms with Crippen LogP contribution in [-0.4, -0.2) is 16.1 Å². The molecule has 2 aromatic heterocycles. The van der Waals surface area contributed by atoms with E-state index in [-0.39, 0.29) is 5.76 Å². The predicted octanol–water partition coefficient (Wildman–Crippen LogP) is 2.72. The van der Waals surface area contributed by atoms with Gasteiger partial charge in [-0.05, 0) is 13.8 Å². The number of hydrogen-bond acceptors (Lipinski definition) is 4. The first-order chi connectivity index (χ1) is 7.08. The van der Waals surface area contributed by atoms with E-state index >= 15 is 0 Å². The second kappa shape index (κ2) is 3.51. The Hall–Kier alpha value is -1.62. The van der Waals surface area contributed by atoms with Crippen LogP contribution in [0, 0.1) is 13.8 Å². The van der Waals surface area contributed by atoms with Crippen LogP contribution in [0.2, 0.25) is 0 Å². The summed E-state index contributed by atoms with van der Waals surface area (Å²) in [7, 11) is 0. The number of furan rings is 1. The van der Waals surface area contributed by atoms with Crippen LogP contribution < -0.4 is 0 Å². The predicted molar refractivity (Wildman–Crippen MR) is 56.2 cm³/mol. The monoisotopic (exact) mass is 223 g/mol. The highest BCUT2D eigenvalue weighted by Gasteiger charge is 2.15. The molecule has 0 fully saturated rings. The van der Waals surface area contributed by atoms with E-state index in [4.69, 9.17) is 9.52 Å². The van der Waals surface area contributed by atoms with Gasteiger partial charge in [0.15, 0.2) is 0 Å². The highest BCUT2D eigenvalue weighted by molar-refractivity contribution is 7.09. The molecule has 2 rings (SSSR count). The van der Waals surface area contributed by atoms with Gasteiger partial charge in [-0.1, -0.05) is 0 Å². The first-order valence-electron chi connectivity index (χ1n) is 4.34. The van der Waals surface area contributed by atoms with Gasteiger partial charge in [-0.3, -0.25) is 0 Å². The zero-order valence-electron chi connectivity index (χ0n) is 8.27. The van der Waals surface area contributed by atoms with Gasteiger partial charge in [0.1, 0.15) is 5.76 Å². The van der Waals surface area contributed by atoms with Crippen LogP contribution in [0.3, 0.4) is 0 Å². The molecule has 0 aliphatic heterocycles. The molecule has 0 unspecified atom stereocenters. The van der Waals surface area contributed by atoms with E-state index in [0.29, 0.717) is 5.76 Å². The topological polar surface area (TPSA) is 63.3 Å². The first kappa shape index (κ1) is 9.92. The molecule has 78 valence electrons. The molecule has 5 heteroatoms. The number of carboxylic acids is 1. The highest BCUT2D eigenvalue weighted by Crippen LogP contribution is 2.27. The fourth-order valence-electron chi connectivity index (χ4n) is 1.33. The summed E-state index contributed by atoms with van der Waals surface area (Å²) >= 11 is 1.53. The third kappa shape index (κ3) is 1.78. The Bertz CT molecular complexity index is 512. The number of aromatic carboxylic acids is 1. The number of rotatable bonds is 2. The average Bonchev–Trinajstić information content (AvgIpc) is 2.71. The number of aryl methyl sites for hydroxylation is 2. The van der Waals surface area contributed by atoms with Crippen LogP contribution in [0.25, 0.3) is 11.3 Å². The standard InChI is InChI=1S/C10H9NO3S/c1-5-7(3-9(14-5)10(12)13)8-4-15-6(2)11-8/h3-4H,1-2H3,(H,12,13). The fraction of sp³-hybridized carbons (Fsp3) is 0.200. The van der Waals surface area contributed by atoms with Crippen molar-refractivity contribution >= 4 is 17.3 Å². The molecular weight excluding hydrogens is 214 g/mol. The Labute approximate surface area is 90.2 Å². The Balaban J connectivity index is 2.49. The Kier molecular flexibility index (Phi) is 2.32. The maximum Gasteiger partial charge on any atom is 0.371 e. The number of nitrogens with zero attached hydrogens (tertiary/aromatic N) is 1. The minimum Gasteiger partial charge on any atom is -0.475 e. The van der Waals surface area contributed by atoms with Crippen molar-refractivity contribution in [1.29, 1.82) is 0 Å². The van der Waals surface area contributed by atoms with Crippen LogP contribution in [-0.2, 0) is 0 Å². The lowest BCUT2D eigenvalue weighted by atomic mass is 10.2. The minimum atomic E-state index is -1.06. The molecule has 0 aliphatic rings. The average molecular weight is 223 g/mol. The van der Waals surface area contributed by atoms with E-state index in [2.05, 4.69) is 4.98 Å². The molecule has 4 nitrogen and oxygen atoms in total. The fourth-order valence-corrected chi connectivity index (χ4v) is 1.94. The second-order valence-corrected chi connectivity index (χ2v) is 4.20. The minimum absolute atomic E-state index is 0.0480. The molecule has 0 radical (unpaired) electrons. The van der Waals surface area contributed by atoms with Gasteiger partial charge in [0.25, 0.3) is 0 Å². The third-order valence-electron chi connectivity index (χ3n) is 2.02. The van der Waals surface area contributed by atoms with Crippen molar-refractivity contribution in [2.24, 2.45) is 0 Å². The SMILES string of the molecule is Cc1nc(-c2cc(C(=O)O)oc2C)cs1. The van der Waals surface area contributed by atoms with Crippen molar-refractivity contribution in [1.82, 2.24) is 4.98 Å². The molecule has 2 heterocycles. The molecule has 0 aromatic carbocycles. The smallest absolute Gasteiger partial charge is 0.371 e. The van der Waals surface area contributed by atoms with Gasteiger partial charge in [-0.25, -0.2) is 9.78 Å². The van der Waals surface area contributed by atoms with Crippen molar-refractivity contribution < 1.29 is 14.3 Å². The maximum absolute atomic E-state index is 10.7. The molecule has 0 amide bonds. The normalized spacial score (nSPS) is 10.5. The Morgan fingerprint density at radius 3 is 2.73 bits per heavy atom. The van der Waals surface area contributed by atoms with Crippen molar-refractivity contribution in [2.45, 2.75) is 13.8 Å². The van der Waals surface area contributed by atoms with Crippen molar-refractivity contribution in [3.63, 3.8) is 0 Å². The van der Waals surface area contributed by atoms with Crippen molar-refractivity contribution in [3.05, 3.63) is 28.0 Å². The summed E-state index contributed by atoms with van der Waals surface area (Å²) in [4.78, 5) is 15.0. The molecule has 0 spiro atoms. The quantitative estimate of drug-likeness (QED) is 0.850. The molecule has 0 bridgehead atoms. The summed E-state index contributed by atoms with van der Waals surface area (Å²) < 4.78 is 5.10. The van der Waals surface area contributed by atoms with E-state index in [1.165, 1.54) is 17.4 Å². The van der Waals surface area contributed by atoms with Gasteiger partial charge >= 0.3 is 5.97 Å². The van der Waals surface area contributed by atoms with Gasteiger partial charge in [0.05, 0.1) is 10.7 Å². The molecule has 0 aliphatic carbocycles. The summed E-state index contributed by atoms with van der Waals surface area (Å²) in [6.07, 6.45) is 0. The molecule has 0 saturated heterocycles. The molecular formula is C10H9NO3S. The van der Waals surface area contributed by atoms with E-state index in [1.807, 2.05) is 12.3 Å². The second-order valence-electron chi connectivity index (χ2n) is 3.14. The summed E-state index contributed by atoms with van der Waals surface area (Å²) in [6.45, 7) is 3.64. The van der Waals surface area contributed by atoms with Gasteiger partial charge in [0, 0.05) is 17.0 Å². The van der Waals surface area contributed by atoms with E-state index < -0.39 is 5.97 Å². The summed E-state index contributed by atoms with van der Waals surface area (Å²) in [6, 6.07) is 1.51. The number of thiazole rings is 1. The van der Waals surface area contributed by atoms with Crippen LogP contribution >= 0.6 is 11.3 Å². The van der Waals surface area contributed by atoms with Crippen LogP contribution in [0.4, 0.5) is 0 Å². The third-order valence-corrected chi connectivity index (χ3v) is 2.80. The molecule has 2 aromatic rings. The van der Waals surface area contributed by atoms with Gasteiger partial charge in [-0.15, -0.1) is 11.3 Å². The van der Waals surface area contributed by atoms with Crippen LogP contribution in [0.5, 0.6) is 0 Å². The number of carboxylic acid groups (broad SMARTS) is 1. The van der Waals surface area contributed by atoms with Crippen molar-refractivity contribution in [3.8, 4) is 11.3 Å². The first-order valence-corrected chi connectivity index (χ1v) is 5.22. The van der Waals surface area contributed by atoms with Crippen LogP contribution in [0.15, 0.2) is 15.9 Å². The highest BCUT2D eigenvalue weighted by atomic mass is 32.1. The summed E-state index contributed by atoms with van der Waals surface area (Å²) in [5.74, 6) is -0.526. The molecule has 0 atom stereocenters. The van der Waals surface area contributed by atoms with E-state index in [0.717, 1.165) is 16.3 Å². The van der Waals surface area contributed by atoms with Crippen molar-refractivity contribution in [2.75, 3.05) is 0 Å².